The Bertz CT molecular complexity index is 885. The number of carbonyl (C=O) groups is 1. The van der Waals surface area contributed by atoms with Crippen LogP contribution in [0, 0.1) is 0 Å². The first-order valence-corrected chi connectivity index (χ1v) is 13.1. The van der Waals surface area contributed by atoms with Gasteiger partial charge in [-0.2, -0.15) is 0 Å². The lowest BCUT2D eigenvalue weighted by Crippen LogP contribution is -2.41. The van der Waals surface area contributed by atoms with Gasteiger partial charge in [0.1, 0.15) is 12.4 Å². The zero-order valence-corrected chi connectivity index (χ0v) is 21.6. The minimum Gasteiger partial charge on any atom is -0.494 e. The number of hydrogen-bond donors (Lipinski definition) is 1. The standard InChI is InChI=1S/C31H43NO3/c1-3-4-5-6-7-8-9-13-25-34-29-21-18-28(19-22-29)17-14-24-31(2,32)26-35-30(33)23-20-27-15-11-10-12-16-27/h10-12,14-23H,3-9,13,24-26,32H2,1-2H3. The van der Waals surface area contributed by atoms with Gasteiger partial charge in [-0.25, -0.2) is 4.79 Å². The van der Waals surface area contributed by atoms with Crippen molar-refractivity contribution >= 4 is 18.1 Å². The molecule has 2 N–H and O–H groups in total. The third-order valence-corrected chi connectivity index (χ3v) is 5.80. The smallest absolute Gasteiger partial charge is 0.330 e. The van der Waals surface area contributed by atoms with Crippen molar-refractivity contribution in [2.45, 2.75) is 77.2 Å². The van der Waals surface area contributed by atoms with Crippen molar-refractivity contribution in [3.8, 4) is 5.75 Å². The Kier molecular flexibility index (Phi) is 13.6. The first kappa shape index (κ1) is 28.4. The average molecular weight is 478 g/mol. The second-order valence-electron chi connectivity index (χ2n) is 9.50. The van der Waals surface area contributed by atoms with Gasteiger partial charge < -0.3 is 15.2 Å². The Labute approximate surface area is 212 Å². The summed E-state index contributed by atoms with van der Waals surface area (Å²) < 4.78 is 11.2. The molecule has 190 valence electrons. The zero-order valence-electron chi connectivity index (χ0n) is 21.6. The number of nitrogens with two attached hydrogens (primary N) is 1. The van der Waals surface area contributed by atoms with Crippen LogP contribution in [0.3, 0.4) is 0 Å². The first-order valence-electron chi connectivity index (χ1n) is 13.1. The van der Waals surface area contributed by atoms with Gasteiger partial charge in [-0.3, -0.25) is 0 Å². The lowest BCUT2D eigenvalue weighted by Gasteiger charge is -2.22. The minimum absolute atomic E-state index is 0.154. The van der Waals surface area contributed by atoms with Crippen LogP contribution in [0.4, 0.5) is 0 Å². The maximum absolute atomic E-state index is 12.0. The Balaban J connectivity index is 1.62. The van der Waals surface area contributed by atoms with Crippen molar-refractivity contribution < 1.29 is 14.3 Å². The highest BCUT2D eigenvalue weighted by Gasteiger charge is 2.18. The van der Waals surface area contributed by atoms with Crippen molar-refractivity contribution in [2.24, 2.45) is 5.73 Å². The van der Waals surface area contributed by atoms with Crippen LogP contribution in [-0.4, -0.2) is 24.7 Å². The summed E-state index contributed by atoms with van der Waals surface area (Å²) in [5.74, 6) is 0.515. The van der Waals surface area contributed by atoms with Crippen LogP contribution in [0.15, 0.2) is 66.7 Å². The Hall–Kier alpha value is -2.85. The van der Waals surface area contributed by atoms with E-state index in [1.165, 1.54) is 51.0 Å². The van der Waals surface area contributed by atoms with Gasteiger partial charge >= 0.3 is 5.97 Å². The molecule has 0 saturated heterocycles. The maximum Gasteiger partial charge on any atom is 0.330 e. The highest BCUT2D eigenvalue weighted by Crippen LogP contribution is 2.16. The fourth-order valence-electron chi connectivity index (χ4n) is 3.64. The largest absolute Gasteiger partial charge is 0.494 e. The van der Waals surface area contributed by atoms with Gasteiger partial charge in [0.2, 0.25) is 0 Å². The quantitative estimate of drug-likeness (QED) is 0.145. The van der Waals surface area contributed by atoms with Crippen molar-refractivity contribution in [3.63, 3.8) is 0 Å². The van der Waals surface area contributed by atoms with E-state index in [1.54, 1.807) is 6.08 Å². The van der Waals surface area contributed by atoms with Gasteiger partial charge in [0.05, 0.1) is 12.1 Å². The number of carbonyl (C=O) groups excluding carboxylic acids is 1. The number of hydrogen-bond acceptors (Lipinski definition) is 4. The first-order chi connectivity index (χ1) is 17.0. The molecule has 0 aromatic heterocycles. The highest BCUT2D eigenvalue weighted by molar-refractivity contribution is 5.87. The van der Waals surface area contributed by atoms with Gasteiger partial charge in [-0.15, -0.1) is 0 Å². The second kappa shape index (κ2) is 16.7. The van der Waals surface area contributed by atoms with Gasteiger partial charge in [-0.05, 0) is 49.1 Å². The molecule has 0 fully saturated rings. The van der Waals surface area contributed by atoms with E-state index in [0.717, 1.165) is 29.9 Å². The molecule has 1 unspecified atom stereocenters. The second-order valence-corrected chi connectivity index (χ2v) is 9.50. The molecule has 2 rings (SSSR count). The van der Waals surface area contributed by atoms with E-state index in [9.17, 15) is 4.79 Å². The van der Waals surface area contributed by atoms with Gasteiger partial charge in [-0.1, -0.05) is 106 Å². The van der Waals surface area contributed by atoms with E-state index >= 15 is 0 Å². The van der Waals surface area contributed by atoms with Gasteiger partial charge in [0.25, 0.3) is 0 Å². The molecule has 0 heterocycles. The summed E-state index contributed by atoms with van der Waals surface area (Å²) in [6.07, 6.45) is 18.2. The number of benzene rings is 2. The molecular formula is C31H43NO3. The Morgan fingerprint density at radius 1 is 0.857 bits per heavy atom. The summed E-state index contributed by atoms with van der Waals surface area (Å²) in [6, 6.07) is 17.7. The molecule has 4 nitrogen and oxygen atoms in total. The normalized spacial score (nSPS) is 13.2. The summed E-state index contributed by atoms with van der Waals surface area (Å²) in [6.45, 7) is 5.06. The molecule has 2 aromatic carbocycles. The molecule has 0 amide bonds. The van der Waals surface area contributed by atoms with E-state index in [-0.39, 0.29) is 6.61 Å². The van der Waals surface area contributed by atoms with Crippen molar-refractivity contribution in [3.05, 3.63) is 77.9 Å². The third kappa shape index (κ3) is 13.6. The molecule has 4 heteroatoms. The molecule has 0 aliphatic heterocycles. The summed E-state index contributed by atoms with van der Waals surface area (Å²) in [5.41, 5.74) is 7.71. The Morgan fingerprint density at radius 2 is 1.49 bits per heavy atom. The fourth-order valence-corrected chi connectivity index (χ4v) is 3.64. The lowest BCUT2D eigenvalue weighted by molar-refractivity contribution is -0.139. The summed E-state index contributed by atoms with van der Waals surface area (Å²) in [4.78, 5) is 12.0. The summed E-state index contributed by atoms with van der Waals surface area (Å²) in [5, 5.41) is 0. The molecular weight excluding hydrogens is 434 g/mol. The van der Waals surface area contributed by atoms with Crippen LogP contribution < -0.4 is 10.5 Å². The number of unbranched alkanes of at least 4 members (excludes halogenated alkanes) is 7. The van der Waals surface area contributed by atoms with E-state index in [1.807, 2.05) is 73.7 Å². The number of ether oxygens (including phenoxy) is 2. The molecule has 0 spiro atoms. The maximum atomic E-state index is 12.0. The van der Waals surface area contributed by atoms with Crippen LogP contribution in [0.1, 0.15) is 82.8 Å². The van der Waals surface area contributed by atoms with Crippen LogP contribution in [0.5, 0.6) is 5.75 Å². The molecule has 0 aliphatic rings. The zero-order chi connectivity index (χ0) is 25.2. The third-order valence-electron chi connectivity index (χ3n) is 5.80. The molecule has 0 aliphatic carbocycles. The van der Waals surface area contributed by atoms with Crippen LogP contribution in [0.25, 0.3) is 12.2 Å². The molecule has 1 atom stereocenters. The highest BCUT2D eigenvalue weighted by atomic mass is 16.5. The molecule has 0 saturated carbocycles. The molecule has 35 heavy (non-hydrogen) atoms. The predicted molar refractivity (Wildman–Crippen MR) is 147 cm³/mol. The van der Waals surface area contributed by atoms with Crippen LogP contribution >= 0.6 is 0 Å². The predicted octanol–water partition coefficient (Wildman–Crippen LogP) is 7.58. The molecule has 0 bridgehead atoms. The van der Waals surface area contributed by atoms with Gasteiger partial charge in [0, 0.05) is 6.08 Å². The number of esters is 1. The SMILES string of the molecule is CCCCCCCCCCOc1ccc(C=CCC(C)(N)COC(=O)C=Cc2ccccc2)cc1. The molecule has 2 aromatic rings. The van der Waals surface area contributed by atoms with E-state index < -0.39 is 11.5 Å². The van der Waals surface area contributed by atoms with Crippen molar-refractivity contribution in [1.29, 1.82) is 0 Å². The number of rotatable bonds is 17. The topological polar surface area (TPSA) is 61.6 Å². The lowest BCUT2D eigenvalue weighted by atomic mass is 10.00. The molecule has 0 radical (unpaired) electrons. The van der Waals surface area contributed by atoms with Crippen molar-refractivity contribution in [2.75, 3.05) is 13.2 Å². The average Bonchev–Trinajstić information content (AvgIpc) is 2.87. The minimum atomic E-state index is -0.633. The Morgan fingerprint density at radius 3 is 2.17 bits per heavy atom. The summed E-state index contributed by atoms with van der Waals surface area (Å²) >= 11 is 0. The van der Waals surface area contributed by atoms with E-state index in [0.29, 0.717) is 6.42 Å². The van der Waals surface area contributed by atoms with Crippen molar-refractivity contribution in [1.82, 2.24) is 0 Å². The fraction of sp³-hybridized carbons (Fsp3) is 0.452. The van der Waals surface area contributed by atoms with Crippen LogP contribution in [-0.2, 0) is 9.53 Å². The van der Waals surface area contributed by atoms with E-state index in [4.69, 9.17) is 15.2 Å². The van der Waals surface area contributed by atoms with Crippen LogP contribution in [0.2, 0.25) is 0 Å². The van der Waals surface area contributed by atoms with Gasteiger partial charge in [0.15, 0.2) is 0 Å². The van der Waals surface area contributed by atoms with E-state index in [2.05, 4.69) is 6.92 Å². The summed E-state index contributed by atoms with van der Waals surface area (Å²) in [7, 11) is 0. The monoisotopic (exact) mass is 477 g/mol.